The number of unbranched alkanes of at least 4 members (excludes halogenated alkanes) is 1. The zero-order valence-electron chi connectivity index (χ0n) is 10.9. The average Bonchev–Trinajstić information content (AvgIpc) is 2.37. The van der Waals surface area contributed by atoms with Gasteiger partial charge < -0.3 is 15.2 Å². The van der Waals surface area contributed by atoms with Gasteiger partial charge in [-0.05, 0) is 31.9 Å². The predicted octanol–water partition coefficient (Wildman–Crippen LogP) is 2.99. The Morgan fingerprint density at radius 1 is 1.33 bits per heavy atom. The Balaban J connectivity index is 2.56. The van der Waals surface area contributed by atoms with Crippen LogP contribution in [0.5, 0.6) is 5.75 Å². The lowest BCUT2D eigenvalue weighted by molar-refractivity contribution is 0.252. The molecule has 0 radical (unpaired) electrons. The maximum absolute atomic E-state index is 8.72. The van der Waals surface area contributed by atoms with Gasteiger partial charge in [-0.1, -0.05) is 30.7 Å². The third-order valence-corrected chi connectivity index (χ3v) is 2.89. The molecule has 1 rings (SSSR count). The lowest BCUT2D eigenvalue weighted by Gasteiger charge is -2.13. The van der Waals surface area contributed by atoms with Crippen LogP contribution < -0.4 is 10.1 Å². The van der Waals surface area contributed by atoms with Crippen LogP contribution in [-0.4, -0.2) is 24.9 Å². The van der Waals surface area contributed by atoms with E-state index in [1.165, 1.54) is 0 Å². The molecule has 2 N–H and O–H groups in total. The van der Waals surface area contributed by atoms with Gasteiger partial charge in [-0.3, -0.25) is 0 Å². The van der Waals surface area contributed by atoms with Crippen LogP contribution in [0.3, 0.4) is 0 Å². The normalized spacial score (nSPS) is 10.6. The van der Waals surface area contributed by atoms with Gasteiger partial charge in [0.05, 0.1) is 11.6 Å². The summed E-state index contributed by atoms with van der Waals surface area (Å²) in [6.45, 7) is 4.68. The Morgan fingerprint density at radius 2 is 2.17 bits per heavy atom. The van der Waals surface area contributed by atoms with Crippen LogP contribution >= 0.6 is 11.6 Å². The number of hydrogen-bond donors (Lipinski definition) is 2. The number of para-hydroxylation sites is 1. The van der Waals surface area contributed by atoms with Gasteiger partial charge in [0.1, 0.15) is 5.75 Å². The summed E-state index contributed by atoms with van der Waals surface area (Å²) in [6.07, 6.45) is 2.70. The van der Waals surface area contributed by atoms with Crippen molar-refractivity contribution in [3.8, 4) is 5.75 Å². The third-order valence-electron chi connectivity index (χ3n) is 2.59. The molecule has 1 aromatic carbocycles. The van der Waals surface area contributed by atoms with Gasteiger partial charge in [0.25, 0.3) is 0 Å². The minimum Gasteiger partial charge on any atom is -0.492 e. The summed E-state index contributed by atoms with van der Waals surface area (Å²) >= 11 is 6.15. The molecule has 0 aliphatic heterocycles. The molecule has 0 aliphatic rings. The van der Waals surface area contributed by atoms with E-state index >= 15 is 0 Å². The summed E-state index contributed by atoms with van der Waals surface area (Å²) in [7, 11) is 0. The first-order valence-corrected chi connectivity index (χ1v) is 6.89. The van der Waals surface area contributed by atoms with E-state index in [9.17, 15) is 0 Å². The minimum atomic E-state index is 0.205. The fourth-order valence-electron chi connectivity index (χ4n) is 1.64. The smallest absolute Gasteiger partial charge is 0.142 e. The topological polar surface area (TPSA) is 41.5 Å². The summed E-state index contributed by atoms with van der Waals surface area (Å²) in [5.74, 6) is 0.765. The van der Waals surface area contributed by atoms with Crippen molar-refractivity contribution in [2.24, 2.45) is 0 Å². The highest BCUT2D eigenvalue weighted by molar-refractivity contribution is 6.32. The molecule has 0 saturated heterocycles. The largest absolute Gasteiger partial charge is 0.492 e. The standard InChI is InChI=1S/C14H22ClNO2/c1-2-8-16-11-12-6-5-7-13(15)14(12)18-10-4-3-9-17/h5-7,16-17H,2-4,8-11H2,1H3. The van der Waals surface area contributed by atoms with Gasteiger partial charge in [-0.15, -0.1) is 0 Å². The molecule has 0 amide bonds. The van der Waals surface area contributed by atoms with Crippen molar-refractivity contribution < 1.29 is 9.84 Å². The van der Waals surface area contributed by atoms with E-state index < -0.39 is 0 Å². The lowest BCUT2D eigenvalue weighted by atomic mass is 10.2. The van der Waals surface area contributed by atoms with Gasteiger partial charge in [0, 0.05) is 18.7 Å². The minimum absolute atomic E-state index is 0.205. The molecule has 0 unspecified atom stereocenters. The van der Waals surface area contributed by atoms with Crippen LogP contribution in [-0.2, 0) is 6.54 Å². The second-order valence-corrected chi connectivity index (χ2v) is 4.59. The summed E-state index contributed by atoms with van der Waals surface area (Å²) in [4.78, 5) is 0. The first-order valence-electron chi connectivity index (χ1n) is 6.51. The van der Waals surface area contributed by atoms with Crippen LogP contribution in [0.25, 0.3) is 0 Å². The number of aliphatic hydroxyl groups excluding tert-OH is 1. The highest BCUT2D eigenvalue weighted by atomic mass is 35.5. The Morgan fingerprint density at radius 3 is 2.89 bits per heavy atom. The summed E-state index contributed by atoms with van der Waals surface area (Å²) in [5, 5.41) is 12.7. The fourth-order valence-corrected chi connectivity index (χ4v) is 1.89. The number of rotatable bonds is 9. The Bertz CT molecular complexity index is 345. The zero-order chi connectivity index (χ0) is 13.2. The second-order valence-electron chi connectivity index (χ2n) is 4.18. The molecule has 3 nitrogen and oxygen atoms in total. The maximum Gasteiger partial charge on any atom is 0.142 e. The van der Waals surface area contributed by atoms with E-state index in [-0.39, 0.29) is 6.61 Å². The van der Waals surface area contributed by atoms with Crippen LogP contribution in [0.1, 0.15) is 31.7 Å². The molecular formula is C14H22ClNO2. The van der Waals surface area contributed by atoms with E-state index in [0.717, 1.165) is 43.7 Å². The quantitative estimate of drug-likeness (QED) is 0.679. The van der Waals surface area contributed by atoms with E-state index in [2.05, 4.69) is 12.2 Å². The molecule has 0 spiro atoms. The maximum atomic E-state index is 8.72. The number of ether oxygens (including phenoxy) is 1. The Hall–Kier alpha value is -0.770. The van der Waals surface area contributed by atoms with Crippen molar-refractivity contribution in [3.05, 3.63) is 28.8 Å². The van der Waals surface area contributed by atoms with E-state index in [0.29, 0.717) is 11.6 Å². The van der Waals surface area contributed by atoms with Crippen molar-refractivity contribution in [1.82, 2.24) is 5.32 Å². The molecular weight excluding hydrogens is 250 g/mol. The van der Waals surface area contributed by atoms with Crippen LogP contribution in [0, 0.1) is 0 Å². The zero-order valence-corrected chi connectivity index (χ0v) is 11.7. The molecule has 18 heavy (non-hydrogen) atoms. The SMILES string of the molecule is CCCNCc1cccc(Cl)c1OCCCCO. The van der Waals surface area contributed by atoms with Crippen molar-refractivity contribution >= 4 is 11.6 Å². The van der Waals surface area contributed by atoms with Crippen LogP contribution in [0.4, 0.5) is 0 Å². The van der Waals surface area contributed by atoms with Gasteiger partial charge in [0.2, 0.25) is 0 Å². The number of hydrogen-bond acceptors (Lipinski definition) is 3. The van der Waals surface area contributed by atoms with Crippen molar-refractivity contribution in [2.45, 2.75) is 32.7 Å². The van der Waals surface area contributed by atoms with E-state index in [1.807, 2.05) is 18.2 Å². The van der Waals surface area contributed by atoms with Gasteiger partial charge in [0.15, 0.2) is 0 Å². The first-order chi connectivity index (χ1) is 8.79. The molecule has 4 heteroatoms. The molecule has 0 saturated carbocycles. The molecule has 0 aromatic heterocycles. The van der Waals surface area contributed by atoms with Crippen molar-refractivity contribution in [1.29, 1.82) is 0 Å². The molecule has 102 valence electrons. The Kier molecular flexibility index (Phi) is 7.81. The molecule has 0 atom stereocenters. The highest BCUT2D eigenvalue weighted by Crippen LogP contribution is 2.28. The van der Waals surface area contributed by atoms with Crippen LogP contribution in [0.15, 0.2) is 18.2 Å². The molecule has 0 fully saturated rings. The summed E-state index contributed by atoms with van der Waals surface area (Å²) < 4.78 is 5.72. The molecule has 1 aromatic rings. The fraction of sp³-hybridized carbons (Fsp3) is 0.571. The number of halogens is 1. The second kappa shape index (κ2) is 9.20. The highest BCUT2D eigenvalue weighted by Gasteiger charge is 2.07. The molecule has 0 heterocycles. The monoisotopic (exact) mass is 271 g/mol. The Labute approximate surface area is 114 Å². The predicted molar refractivity (Wildman–Crippen MR) is 75.3 cm³/mol. The lowest BCUT2D eigenvalue weighted by Crippen LogP contribution is -2.15. The molecule has 0 bridgehead atoms. The first kappa shape index (κ1) is 15.3. The number of benzene rings is 1. The van der Waals surface area contributed by atoms with Crippen LogP contribution in [0.2, 0.25) is 5.02 Å². The van der Waals surface area contributed by atoms with Gasteiger partial charge in [-0.25, -0.2) is 0 Å². The number of nitrogens with one attached hydrogen (secondary N) is 1. The number of aliphatic hydroxyl groups is 1. The van der Waals surface area contributed by atoms with Crippen molar-refractivity contribution in [2.75, 3.05) is 19.8 Å². The van der Waals surface area contributed by atoms with Gasteiger partial charge in [-0.2, -0.15) is 0 Å². The van der Waals surface area contributed by atoms with E-state index in [1.54, 1.807) is 0 Å². The van der Waals surface area contributed by atoms with Gasteiger partial charge >= 0.3 is 0 Å². The summed E-state index contributed by atoms with van der Waals surface area (Å²) in [6, 6.07) is 5.80. The average molecular weight is 272 g/mol. The van der Waals surface area contributed by atoms with E-state index in [4.69, 9.17) is 21.4 Å². The summed E-state index contributed by atoms with van der Waals surface area (Å²) in [5.41, 5.74) is 1.08. The third kappa shape index (κ3) is 5.25. The molecule has 0 aliphatic carbocycles. The van der Waals surface area contributed by atoms with Crippen molar-refractivity contribution in [3.63, 3.8) is 0 Å².